The van der Waals surface area contributed by atoms with Crippen LogP contribution in [0.5, 0.6) is 0 Å². The van der Waals surface area contributed by atoms with Crippen LogP contribution in [0.4, 0.5) is 0 Å². The lowest BCUT2D eigenvalue weighted by Crippen LogP contribution is -2.32. The molecule has 2 rings (SSSR count). The Morgan fingerprint density at radius 2 is 2.40 bits per heavy atom. The Morgan fingerprint density at radius 1 is 1.67 bits per heavy atom. The molecule has 15 heavy (non-hydrogen) atoms. The van der Waals surface area contributed by atoms with E-state index in [1.165, 1.54) is 25.2 Å². The third-order valence-corrected chi connectivity index (χ3v) is 4.08. The fourth-order valence-corrected chi connectivity index (χ4v) is 2.78. The van der Waals surface area contributed by atoms with Crippen molar-refractivity contribution in [2.24, 2.45) is 5.92 Å². The third-order valence-electron chi connectivity index (χ3n) is 2.52. The van der Waals surface area contributed by atoms with Crippen molar-refractivity contribution in [2.45, 2.75) is 37.1 Å². The highest BCUT2D eigenvalue weighted by Gasteiger charge is 2.26. The van der Waals surface area contributed by atoms with Crippen molar-refractivity contribution in [1.82, 2.24) is 14.9 Å². The van der Waals surface area contributed by atoms with Gasteiger partial charge in [0, 0.05) is 12.2 Å². The largest absolute Gasteiger partial charge is 0.284 e. The van der Waals surface area contributed by atoms with Gasteiger partial charge in [0.05, 0.1) is 6.20 Å². The predicted molar refractivity (Wildman–Crippen MR) is 55.7 cm³/mol. The molecule has 1 saturated carbocycles. The molecule has 0 amide bonds. The van der Waals surface area contributed by atoms with E-state index >= 15 is 0 Å². The van der Waals surface area contributed by atoms with E-state index in [0.29, 0.717) is 5.92 Å². The number of sulfonamides is 1. The Kier molecular flexibility index (Phi) is 2.79. The van der Waals surface area contributed by atoms with E-state index in [1.54, 1.807) is 0 Å². The van der Waals surface area contributed by atoms with E-state index in [9.17, 15) is 8.42 Å². The summed E-state index contributed by atoms with van der Waals surface area (Å²) in [7, 11) is -3.38. The smallest absolute Gasteiger partial charge is 0.243 e. The molecule has 1 unspecified atom stereocenters. The summed E-state index contributed by atoms with van der Waals surface area (Å²) < 4.78 is 26.1. The number of nitrogens with one attached hydrogen (secondary N) is 2. The molecule has 0 aromatic carbocycles. The third kappa shape index (κ3) is 2.79. The Balaban J connectivity index is 1.97. The first kappa shape index (κ1) is 10.6. The second-order valence-electron chi connectivity index (χ2n) is 4.14. The van der Waals surface area contributed by atoms with E-state index in [4.69, 9.17) is 0 Å². The molecule has 5 nitrogen and oxygen atoms in total. The molecule has 0 spiro atoms. The van der Waals surface area contributed by atoms with Crippen molar-refractivity contribution in [3.8, 4) is 0 Å². The van der Waals surface area contributed by atoms with Crippen LogP contribution in [0.25, 0.3) is 0 Å². The monoisotopic (exact) mass is 229 g/mol. The summed E-state index contributed by atoms with van der Waals surface area (Å²) in [6, 6.07) is -0.00241. The second-order valence-corrected chi connectivity index (χ2v) is 5.85. The number of H-pyrrole nitrogens is 1. The molecule has 0 radical (unpaired) electrons. The maximum absolute atomic E-state index is 11.7. The number of rotatable bonds is 5. The summed E-state index contributed by atoms with van der Waals surface area (Å²) in [5.74, 6) is 0.715. The fourth-order valence-electron chi connectivity index (χ4n) is 1.62. The van der Waals surface area contributed by atoms with Gasteiger partial charge in [-0.25, -0.2) is 13.1 Å². The number of nitrogens with zero attached hydrogens (tertiary/aromatic N) is 1. The average molecular weight is 229 g/mol. The van der Waals surface area contributed by atoms with Crippen LogP contribution < -0.4 is 4.72 Å². The first-order valence-corrected chi connectivity index (χ1v) is 6.57. The highest BCUT2D eigenvalue weighted by Crippen LogP contribution is 2.33. The quantitative estimate of drug-likeness (QED) is 0.787. The first-order valence-electron chi connectivity index (χ1n) is 5.09. The lowest BCUT2D eigenvalue weighted by Gasteiger charge is -2.12. The molecule has 1 aliphatic rings. The van der Waals surface area contributed by atoms with Gasteiger partial charge in [0.1, 0.15) is 4.90 Å². The summed E-state index contributed by atoms with van der Waals surface area (Å²) in [4.78, 5) is 0.199. The van der Waals surface area contributed by atoms with Gasteiger partial charge in [0.2, 0.25) is 10.0 Å². The second kappa shape index (κ2) is 3.94. The van der Waals surface area contributed by atoms with Crippen molar-refractivity contribution in [1.29, 1.82) is 0 Å². The summed E-state index contributed by atoms with van der Waals surface area (Å²) in [6.07, 6.45) is 6.09. The van der Waals surface area contributed by atoms with Crippen LogP contribution in [0, 0.1) is 5.92 Å². The van der Waals surface area contributed by atoms with Crippen LogP contribution >= 0.6 is 0 Å². The van der Waals surface area contributed by atoms with E-state index in [-0.39, 0.29) is 10.9 Å². The van der Waals surface area contributed by atoms with Crippen molar-refractivity contribution < 1.29 is 8.42 Å². The van der Waals surface area contributed by atoms with E-state index in [1.807, 2.05) is 6.92 Å². The Hall–Kier alpha value is -0.880. The molecule has 1 aromatic heterocycles. The zero-order valence-electron chi connectivity index (χ0n) is 8.60. The molecule has 1 fully saturated rings. The summed E-state index contributed by atoms with van der Waals surface area (Å²) >= 11 is 0. The van der Waals surface area contributed by atoms with Gasteiger partial charge in [-0.3, -0.25) is 5.10 Å². The van der Waals surface area contributed by atoms with Gasteiger partial charge in [-0.15, -0.1) is 0 Å². The van der Waals surface area contributed by atoms with E-state index < -0.39 is 10.0 Å². The van der Waals surface area contributed by atoms with Gasteiger partial charge >= 0.3 is 0 Å². The molecular weight excluding hydrogens is 214 g/mol. The van der Waals surface area contributed by atoms with Crippen LogP contribution in [0.1, 0.15) is 26.2 Å². The van der Waals surface area contributed by atoms with Gasteiger partial charge in [-0.2, -0.15) is 5.10 Å². The van der Waals surface area contributed by atoms with Crippen LogP contribution in [-0.2, 0) is 10.0 Å². The SMILES string of the molecule is CC(CC1CC1)NS(=O)(=O)c1cn[nH]c1. The van der Waals surface area contributed by atoms with Crippen molar-refractivity contribution in [3.63, 3.8) is 0 Å². The molecule has 1 heterocycles. The maximum Gasteiger partial charge on any atom is 0.243 e. The van der Waals surface area contributed by atoms with Gasteiger partial charge in [-0.1, -0.05) is 12.8 Å². The first-order chi connectivity index (χ1) is 7.08. The molecule has 0 saturated heterocycles. The van der Waals surface area contributed by atoms with Gasteiger partial charge in [-0.05, 0) is 19.3 Å². The average Bonchev–Trinajstić information content (AvgIpc) is 2.79. The Morgan fingerprint density at radius 3 is 2.93 bits per heavy atom. The fraction of sp³-hybridized carbons (Fsp3) is 0.667. The summed E-state index contributed by atoms with van der Waals surface area (Å²) in [5, 5.41) is 6.12. The van der Waals surface area contributed by atoms with E-state index in [0.717, 1.165) is 6.42 Å². The number of hydrogen-bond acceptors (Lipinski definition) is 3. The lowest BCUT2D eigenvalue weighted by molar-refractivity contribution is 0.530. The molecular formula is C9H15N3O2S. The zero-order chi connectivity index (χ0) is 10.9. The van der Waals surface area contributed by atoms with Crippen LogP contribution in [0.2, 0.25) is 0 Å². The molecule has 1 atom stereocenters. The van der Waals surface area contributed by atoms with E-state index in [2.05, 4.69) is 14.9 Å². The molecule has 2 N–H and O–H groups in total. The summed E-state index contributed by atoms with van der Waals surface area (Å²) in [6.45, 7) is 1.90. The van der Waals surface area contributed by atoms with Gasteiger partial charge in [0.25, 0.3) is 0 Å². The molecule has 1 aromatic rings. The van der Waals surface area contributed by atoms with Crippen molar-refractivity contribution in [3.05, 3.63) is 12.4 Å². The van der Waals surface area contributed by atoms with Gasteiger partial charge < -0.3 is 0 Å². The van der Waals surface area contributed by atoms with Crippen LogP contribution in [-0.4, -0.2) is 24.7 Å². The Labute approximate surface area is 89.3 Å². The van der Waals surface area contributed by atoms with Crippen molar-refractivity contribution in [2.75, 3.05) is 0 Å². The van der Waals surface area contributed by atoms with Crippen molar-refractivity contribution >= 4 is 10.0 Å². The topological polar surface area (TPSA) is 74.8 Å². The van der Waals surface area contributed by atoms with Crippen LogP contribution in [0.15, 0.2) is 17.3 Å². The zero-order valence-corrected chi connectivity index (χ0v) is 9.42. The lowest BCUT2D eigenvalue weighted by atomic mass is 10.2. The highest BCUT2D eigenvalue weighted by molar-refractivity contribution is 7.89. The molecule has 6 heteroatoms. The number of aromatic nitrogens is 2. The molecule has 0 bridgehead atoms. The molecule has 1 aliphatic carbocycles. The summed E-state index contributed by atoms with van der Waals surface area (Å²) in [5.41, 5.74) is 0. The molecule has 0 aliphatic heterocycles. The highest BCUT2D eigenvalue weighted by atomic mass is 32.2. The minimum Gasteiger partial charge on any atom is -0.284 e. The van der Waals surface area contributed by atoms with Crippen LogP contribution in [0.3, 0.4) is 0 Å². The minimum atomic E-state index is -3.38. The molecule has 84 valence electrons. The predicted octanol–water partition coefficient (Wildman–Crippen LogP) is 0.877. The van der Waals surface area contributed by atoms with Gasteiger partial charge in [0.15, 0.2) is 0 Å². The minimum absolute atomic E-state index is 0.00241. The number of aromatic amines is 1. The maximum atomic E-state index is 11.7. The normalized spacial score (nSPS) is 19.0. The number of hydrogen-bond donors (Lipinski definition) is 2. The standard InChI is InChI=1S/C9H15N3O2S/c1-7(4-8-2-3-8)12-15(13,14)9-5-10-11-6-9/h5-8,12H,2-4H2,1H3,(H,10,11). The Bertz CT molecular complexity index is 409.